The molecule has 0 aromatic heterocycles. The maximum absolute atomic E-state index is 8.89. The summed E-state index contributed by atoms with van der Waals surface area (Å²) in [5, 5.41) is 17.5. The van der Waals surface area contributed by atoms with Crippen molar-refractivity contribution in [2.75, 3.05) is 13.3 Å². The molecule has 0 aliphatic heterocycles. The first-order chi connectivity index (χ1) is 21.4. The second-order valence-corrected chi connectivity index (χ2v) is 17.6. The fourth-order valence-corrected chi connectivity index (χ4v) is 11.7. The summed E-state index contributed by atoms with van der Waals surface area (Å²) in [6.45, 7) is 5.79. The molecule has 6 rings (SSSR count). The molecule has 0 saturated heterocycles. The van der Waals surface area contributed by atoms with Crippen LogP contribution < -0.4 is 53.9 Å². The molecule has 0 aliphatic carbocycles. The molecule has 5 heteroatoms. The zero-order valence-electron chi connectivity index (χ0n) is 25.9. The minimum Gasteiger partial charge on any atom is -1.00 e. The normalized spacial score (nSPS) is 10.6. The summed E-state index contributed by atoms with van der Waals surface area (Å²) in [5.74, 6) is -1.08. The smallest absolute Gasteiger partial charge is 0.109 e. The first-order valence-corrected chi connectivity index (χ1v) is 19.1. The molecular weight excluding hydrogens is 654 g/mol. The van der Waals surface area contributed by atoms with Gasteiger partial charge in [-0.2, -0.15) is 0 Å². The molecule has 0 unspecified atom stereocenters. The second-order valence-electron chi connectivity index (χ2n) is 10.5. The van der Waals surface area contributed by atoms with Gasteiger partial charge in [-0.3, -0.25) is 0 Å². The summed E-state index contributed by atoms with van der Waals surface area (Å²) in [5.41, 5.74) is 0. The van der Waals surface area contributed by atoms with Crippen molar-refractivity contribution < 1.29 is 26.9 Å². The van der Waals surface area contributed by atoms with Gasteiger partial charge in [0, 0.05) is 5.97 Å². The predicted octanol–water partition coefficient (Wildman–Crippen LogP) is 2.98. The van der Waals surface area contributed by atoms with E-state index in [4.69, 9.17) is 9.90 Å². The van der Waals surface area contributed by atoms with E-state index in [0.717, 1.165) is 6.92 Å². The number of rotatable bonds is 6. The molecule has 0 spiro atoms. The number of carbonyl (C=O) groups excluding carboxylic acids is 1. The van der Waals surface area contributed by atoms with Crippen LogP contribution in [0.1, 0.15) is 6.92 Å². The summed E-state index contributed by atoms with van der Waals surface area (Å²) in [7, 11) is -3.05. The minimum atomic E-state index is -1.53. The molecule has 0 radical (unpaired) electrons. The highest BCUT2D eigenvalue weighted by molar-refractivity contribution is 7.95. The lowest BCUT2D eigenvalue weighted by atomic mass is 10.4. The fraction of sp³-hybridized carbons (Fsp3) is 0.0750. The average molecular weight is 694 g/mol. The van der Waals surface area contributed by atoms with Gasteiger partial charge < -0.3 is 26.9 Å². The number of carboxylic acids is 1. The van der Waals surface area contributed by atoms with E-state index in [1.54, 1.807) is 0 Å². The van der Waals surface area contributed by atoms with Gasteiger partial charge in [-0.05, 0) is 79.7 Å². The monoisotopic (exact) mass is 692 g/mol. The lowest BCUT2D eigenvalue weighted by Crippen LogP contribution is -3.00. The van der Waals surface area contributed by atoms with Gasteiger partial charge in [0.15, 0.2) is 0 Å². The Hall–Kier alpha value is -3.87. The molecule has 6 aromatic carbocycles. The van der Waals surface area contributed by atoms with Gasteiger partial charge in [0.2, 0.25) is 0 Å². The molecule has 0 aliphatic rings. The number of hydrogen-bond acceptors (Lipinski definition) is 2. The van der Waals surface area contributed by atoms with Gasteiger partial charge in [0.05, 0.1) is 13.3 Å². The number of aliphatic carboxylic acids is 1. The maximum Gasteiger partial charge on any atom is 0.109 e. The third kappa shape index (κ3) is 9.09. The van der Waals surface area contributed by atoms with Crippen LogP contribution in [-0.4, -0.2) is 19.3 Å². The van der Waals surface area contributed by atoms with Crippen LogP contribution in [0.25, 0.3) is 0 Å². The van der Waals surface area contributed by atoms with Crippen LogP contribution in [0.4, 0.5) is 0 Å². The zero-order chi connectivity index (χ0) is 31.3. The van der Waals surface area contributed by atoms with Gasteiger partial charge in [-0.15, -0.1) is 0 Å². The number of halogens is 1. The van der Waals surface area contributed by atoms with Crippen molar-refractivity contribution in [3.05, 3.63) is 182 Å². The van der Waals surface area contributed by atoms with Gasteiger partial charge in [-0.25, -0.2) is 0 Å². The Morgan fingerprint density at radius 1 is 0.378 bits per heavy atom. The lowest BCUT2D eigenvalue weighted by molar-refractivity contribution is -0.302. The van der Waals surface area contributed by atoms with Crippen LogP contribution in [0.5, 0.6) is 0 Å². The third-order valence-corrected chi connectivity index (χ3v) is 15.6. The van der Waals surface area contributed by atoms with Crippen molar-refractivity contribution in [1.82, 2.24) is 0 Å². The molecule has 0 heterocycles. The molecule has 45 heavy (non-hydrogen) atoms. The van der Waals surface area contributed by atoms with E-state index in [9.17, 15) is 0 Å². The second kappa shape index (κ2) is 17.6. The van der Waals surface area contributed by atoms with Crippen LogP contribution in [0, 0.1) is 0 Å². The Bertz CT molecular complexity index is 1360. The van der Waals surface area contributed by atoms with E-state index in [1.807, 2.05) is 0 Å². The predicted molar refractivity (Wildman–Crippen MR) is 193 cm³/mol. The molecule has 0 saturated carbocycles. The van der Waals surface area contributed by atoms with Crippen molar-refractivity contribution in [3.63, 3.8) is 0 Å². The Morgan fingerprint density at radius 3 is 0.600 bits per heavy atom. The van der Waals surface area contributed by atoms with Gasteiger partial charge >= 0.3 is 0 Å². The van der Waals surface area contributed by atoms with E-state index in [-0.39, 0.29) is 17.0 Å². The Kier molecular flexibility index (Phi) is 13.9. The maximum atomic E-state index is 8.89. The molecule has 0 amide bonds. The van der Waals surface area contributed by atoms with E-state index in [1.165, 1.54) is 31.8 Å². The van der Waals surface area contributed by atoms with Gasteiger partial charge in [0.25, 0.3) is 0 Å². The number of benzene rings is 6. The zero-order valence-corrected chi connectivity index (χ0v) is 29.3. The van der Waals surface area contributed by atoms with E-state index >= 15 is 0 Å². The lowest BCUT2D eigenvalue weighted by Gasteiger charge is -2.22. The van der Waals surface area contributed by atoms with E-state index in [2.05, 4.69) is 195 Å². The number of hydrogen-bond donors (Lipinski definition) is 0. The largest absolute Gasteiger partial charge is 1.00 e. The van der Waals surface area contributed by atoms with Crippen LogP contribution in [0.15, 0.2) is 182 Å². The van der Waals surface area contributed by atoms with Crippen molar-refractivity contribution >= 4 is 52.3 Å². The van der Waals surface area contributed by atoms with Crippen molar-refractivity contribution in [1.29, 1.82) is 0 Å². The summed E-state index contributed by atoms with van der Waals surface area (Å²) >= 11 is 0. The van der Waals surface area contributed by atoms with Crippen LogP contribution >= 0.6 is 14.5 Å². The Labute approximate surface area is 280 Å². The SMILES string of the molecule is CC(=O)[O-].C[P+](c1ccccc1)(c1ccccc1)c1ccccc1.C[P+](c1ccccc1)(c1ccccc1)c1ccccc1.[Br-]. The highest BCUT2D eigenvalue weighted by atomic mass is 79.9. The summed E-state index contributed by atoms with van der Waals surface area (Å²) in [4.78, 5) is 8.89. The van der Waals surface area contributed by atoms with Crippen LogP contribution in [-0.2, 0) is 4.79 Å². The van der Waals surface area contributed by atoms with Crippen LogP contribution in [0.2, 0.25) is 0 Å². The van der Waals surface area contributed by atoms with Gasteiger partial charge in [-0.1, -0.05) is 109 Å². The standard InChI is InChI=1S/2C19H18P.C2H4O2.BrH/c2*1-20(17-11-5-2-6-12-17,18-13-7-3-8-14-18)19-15-9-4-10-16-19;1-2(3)4;/h2*2-16H,1H3;1H3,(H,3,4);1H/q2*+1;;/p-2. The quantitative estimate of drug-likeness (QED) is 0.252. The fourth-order valence-electron chi connectivity index (χ4n) is 5.25. The van der Waals surface area contributed by atoms with Crippen LogP contribution in [0.3, 0.4) is 0 Å². The molecular formula is C40H39BrO2P2. The van der Waals surface area contributed by atoms with Gasteiger partial charge in [0.1, 0.15) is 46.4 Å². The molecule has 6 aromatic rings. The molecule has 2 nitrogen and oxygen atoms in total. The topological polar surface area (TPSA) is 40.1 Å². The summed E-state index contributed by atoms with van der Waals surface area (Å²) in [6.07, 6.45) is 0. The third-order valence-electron chi connectivity index (χ3n) is 7.64. The van der Waals surface area contributed by atoms with E-state index in [0.29, 0.717) is 0 Å². The van der Waals surface area contributed by atoms with Crippen molar-refractivity contribution in [2.24, 2.45) is 0 Å². The summed E-state index contributed by atoms with van der Waals surface area (Å²) < 4.78 is 0. The molecule has 0 fully saturated rings. The first kappa shape index (κ1) is 35.6. The van der Waals surface area contributed by atoms with Crippen molar-refractivity contribution in [3.8, 4) is 0 Å². The number of carbonyl (C=O) groups is 1. The molecule has 0 N–H and O–H groups in total. The van der Waals surface area contributed by atoms with Crippen molar-refractivity contribution in [2.45, 2.75) is 6.92 Å². The number of carboxylic acid groups (broad SMARTS) is 1. The highest BCUT2D eigenvalue weighted by Gasteiger charge is 2.40. The minimum absolute atomic E-state index is 0. The molecule has 0 bridgehead atoms. The first-order valence-electron chi connectivity index (χ1n) is 14.6. The average Bonchev–Trinajstić information content (AvgIpc) is 3.10. The molecule has 228 valence electrons. The molecule has 0 atom stereocenters. The Morgan fingerprint density at radius 2 is 0.489 bits per heavy atom. The van der Waals surface area contributed by atoms with E-state index < -0.39 is 20.5 Å². The highest BCUT2D eigenvalue weighted by Crippen LogP contribution is 2.52. The Balaban J connectivity index is 0.000000215. The summed E-state index contributed by atoms with van der Waals surface area (Å²) in [6, 6.07) is 65.3.